The molecule has 4 aromatic carbocycles. The van der Waals surface area contributed by atoms with Crippen molar-refractivity contribution in [2.24, 2.45) is 0 Å². The van der Waals surface area contributed by atoms with Crippen molar-refractivity contribution in [2.45, 2.75) is 13.8 Å². The lowest BCUT2D eigenvalue weighted by atomic mass is 9.95. The van der Waals surface area contributed by atoms with Crippen molar-refractivity contribution >= 4 is 39.7 Å². The minimum Gasteiger partial charge on any atom is -0.322 e. The fourth-order valence-electron chi connectivity index (χ4n) is 3.68. The molecule has 0 aliphatic heterocycles. The summed E-state index contributed by atoms with van der Waals surface area (Å²) < 4.78 is 0. The van der Waals surface area contributed by atoms with E-state index < -0.39 is 4.92 Å². The predicted octanol–water partition coefficient (Wildman–Crippen LogP) is 6.54. The maximum Gasteiger partial charge on any atom is 0.270 e. The summed E-state index contributed by atoms with van der Waals surface area (Å²) in [6, 6.07) is 25.8. The molecule has 5 nitrogen and oxygen atoms in total. The van der Waals surface area contributed by atoms with Gasteiger partial charge in [-0.2, -0.15) is 0 Å². The third-order valence-corrected chi connectivity index (χ3v) is 5.36. The highest BCUT2D eigenvalue weighted by atomic mass is 16.6. The maximum absolute atomic E-state index is 13.5. The fraction of sp³-hybridized carbons (Fsp3) is 0.0741. The second-order valence-corrected chi connectivity index (χ2v) is 7.71. The smallest absolute Gasteiger partial charge is 0.270 e. The Kier molecular flexibility index (Phi) is 5.81. The minimum absolute atomic E-state index is 0.0223. The molecule has 0 aliphatic rings. The Morgan fingerprint density at radius 3 is 2.47 bits per heavy atom. The first-order valence-electron chi connectivity index (χ1n) is 10.3. The van der Waals surface area contributed by atoms with Gasteiger partial charge >= 0.3 is 0 Å². The van der Waals surface area contributed by atoms with Crippen molar-refractivity contribution < 1.29 is 9.72 Å². The molecule has 0 spiro atoms. The first-order valence-corrected chi connectivity index (χ1v) is 10.3. The van der Waals surface area contributed by atoms with Gasteiger partial charge < -0.3 is 5.32 Å². The van der Waals surface area contributed by atoms with E-state index in [1.165, 1.54) is 12.1 Å². The molecule has 5 heteroatoms. The molecular formula is C27H22N2O3. The lowest BCUT2D eigenvalue weighted by Gasteiger charge is -2.14. The van der Waals surface area contributed by atoms with Gasteiger partial charge in [0.15, 0.2) is 0 Å². The molecular weight excluding hydrogens is 400 g/mol. The van der Waals surface area contributed by atoms with Crippen LogP contribution in [0.2, 0.25) is 0 Å². The number of benzene rings is 4. The average Bonchev–Trinajstić information content (AvgIpc) is 2.79. The van der Waals surface area contributed by atoms with Gasteiger partial charge in [-0.05, 0) is 59.0 Å². The SMILES string of the molecule is Cc1ccc(C)c(NC(=O)/C(=C\c2cccc([N+](=O)[O-])c2)c2cccc3ccccc23)c1. The number of non-ortho nitro benzene ring substituents is 1. The lowest BCUT2D eigenvalue weighted by molar-refractivity contribution is -0.384. The van der Waals surface area contributed by atoms with Gasteiger partial charge in [0.1, 0.15) is 0 Å². The van der Waals surface area contributed by atoms with E-state index in [0.29, 0.717) is 11.1 Å². The van der Waals surface area contributed by atoms with Crippen molar-refractivity contribution in [3.05, 3.63) is 117 Å². The molecule has 0 radical (unpaired) electrons. The average molecular weight is 422 g/mol. The summed E-state index contributed by atoms with van der Waals surface area (Å²) in [5.74, 6) is -0.276. The van der Waals surface area contributed by atoms with Crippen molar-refractivity contribution in [3.8, 4) is 0 Å². The summed E-state index contributed by atoms with van der Waals surface area (Å²) in [6.07, 6.45) is 1.70. The zero-order valence-corrected chi connectivity index (χ0v) is 17.8. The molecule has 32 heavy (non-hydrogen) atoms. The minimum atomic E-state index is -0.439. The highest BCUT2D eigenvalue weighted by Gasteiger charge is 2.17. The molecule has 0 aliphatic carbocycles. The van der Waals surface area contributed by atoms with Gasteiger partial charge in [0.2, 0.25) is 0 Å². The monoisotopic (exact) mass is 422 g/mol. The van der Waals surface area contributed by atoms with Crippen LogP contribution in [0, 0.1) is 24.0 Å². The Balaban J connectivity index is 1.86. The molecule has 0 atom stereocenters. The number of rotatable bonds is 5. The molecule has 0 aromatic heterocycles. The Morgan fingerprint density at radius 1 is 0.906 bits per heavy atom. The van der Waals surface area contributed by atoms with Crippen molar-refractivity contribution in [1.82, 2.24) is 0 Å². The van der Waals surface area contributed by atoms with Crippen molar-refractivity contribution in [1.29, 1.82) is 0 Å². The van der Waals surface area contributed by atoms with Gasteiger partial charge in [-0.25, -0.2) is 0 Å². The summed E-state index contributed by atoms with van der Waals surface area (Å²) >= 11 is 0. The van der Waals surface area contributed by atoms with Crippen LogP contribution in [-0.4, -0.2) is 10.8 Å². The number of hydrogen-bond donors (Lipinski definition) is 1. The Labute approximate surface area is 186 Å². The Morgan fingerprint density at radius 2 is 1.66 bits per heavy atom. The molecule has 0 bridgehead atoms. The fourth-order valence-corrected chi connectivity index (χ4v) is 3.68. The molecule has 0 saturated heterocycles. The Hall–Kier alpha value is -4.25. The van der Waals surface area contributed by atoms with E-state index in [1.54, 1.807) is 18.2 Å². The van der Waals surface area contributed by atoms with E-state index in [4.69, 9.17) is 0 Å². The van der Waals surface area contributed by atoms with Gasteiger partial charge in [0.25, 0.3) is 11.6 Å². The van der Waals surface area contributed by atoms with Crippen LogP contribution in [0.3, 0.4) is 0 Å². The standard InChI is InChI=1S/C27H22N2O3/c1-18-13-14-19(2)26(15-18)28-27(30)25(17-20-7-5-10-22(16-20)29(31)32)24-12-6-9-21-8-3-4-11-23(21)24/h3-17H,1-2H3,(H,28,30)/b25-17-. The van der Waals surface area contributed by atoms with Crippen molar-refractivity contribution in [2.75, 3.05) is 5.32 Å². The zero-order chi connectivity index (χ0) is 22.7. The van der Waals surface area contributed by atoms with E-state index in [-0.39, 0.29) is 11.6 Å². The van der Waals surface area contributed by atoms with E-state index in [1.807, 2.05) is 74.5 Å². The summed E-state index contributed by atoms with van der Waals surface area (Å²) in [5.41, 5.74) is 4.49. The van der Waals surface area contributed by atoms with Crippen LogP contribution < -0.4 is 5.32 Å². The Bertz CT molecular complexity index is 1370. The lowest BCUT2D eigenvalue weighted by Crippen LogP contribution is -2.15. The first kappa shape index (κ1) is 21.0. The second-order valence-electron chi connectivity index (χ2n) is 7.71. The van der Waals surface area contributed by atoms with Gasteiger partial charge in [0, 0.05) is 23.4 Å². The zero-order valence-electron chi connectivity index (χ0n) is 17.8. The number of nitrogens with one attached hydrogen (secondary N) is 1. The van der Waals surface area contributed by atoms with Crippen LogP contribution in [0.4, 0.5) is 11.4 Å². The normalized spacial score (nSPS) is 11.4. The van der Waals surface area contributed by atoms with Crippen molar-refractivity contribution in [3.63, 3.8) is 0 Å². The summed E-state index contributed by atoms with van der Waals surface area (Å²) in [5, 5.41) is 16.2. The molecule has 0 saturated carbocycles. The van der Waals surface area contributed by atoms with Crippen LogP contribution in [-0.2, 0) is 4.79 Å². The number of aryl methyl sites for hydroxylation is 2. The number of nitrogens with zero attached hydrogens (tertiary/aromatic N) is 1. The quantitative estimate of drug-likeness (QED) is 0.172. The first-order chi connectivity index (χ1) is 15.4. The molecule has 0 heterocycles. The number of amides is 1. The summed E-state index contributed by atoms with van der Waals surface area (Å²) in [7, 11) is 0. The van der Waals surface area contributed by atoms with Crippen LogP contribution >= 0.6 is 0 Å². The van der Waals surface area contributed by atoms with Gasteiger partial charge in [-0.15, -0.1) is 0 Å². The third kappa shape index (κ3) is 4.42. The molecule has 1 N–H and O–H groups in total. The largest absolute Gasteiger partial charge is 0.322 e. The molecule has 4 aromatic rings. The molecule has 0 fully saturated rings. The van der Waals surface area contributed by atoms with Crippen LogP contribution in [0.5, 0.6) is 0 Å². The molecule has 4 rings (SSSR count). The number of carbonyl (C=O) groups excluding carboxylic acids is 1. The molecule has 1 amide bonds. The number of nitro groups is 1. The van der Waals surface area contributed by atoms with E-state index in [0.717, 1.165) is 33.2 Å². The van der Waals surface area contributed by atoms with E-state index in [2.05, 4.69) is 5.32 Å². The highest BCUT2D eigenvalue weighted by molar-refractivity contribution is 6.31. The third-order valence-electron chi connectivity index (χ3n) is 5.36. The number of nitro benzene ring substituents is 1. The van der Waals surface area contributed by atoms with Crippen LogP contribution in [0.25, 0.3) is 22.4 Å². The number of carbonyl (C=O) groups is 1. The predicted molar refractivity (Wildman–Crippen MR) is 129 cm³/mol. The number of hydrogen-bond acceptors (Lipinski definition) is 3. The highest BCUT2D eigenvalue weighted by Crippen LogP contribution is 2.29. The second kappa shape index (κ2) is 8.86. The van der Waals surface area contributed by atoms with Gasteiger partial charge in [-0.1, -0.05) is 66.7 Å². The van der Waals surface area contributed by atoms with Crippen LogP contribution in [0.15, 0.2) is 84.9 Å². The molecule has 158 valence electrons. The van der Waals surface area contributed by atoms with Gasteiger partial charge in [0.05, 0.1) is 4.92 Å². The molecule has 0 unspecified atom stereocenters. The topological polar surface area (TPSA) is 72.2 Å². The summed E-state index contributed by atoms with van der Waals surface area (Å²) in [4.78, 5) is 24.3. The number of fused-ring (bicyclic) bond motifs is 1. The van der Waals surface area contributed by atoms with Crippen LogP contribution in [0.1, 0.15) is 22.3 Å². The van der Waals surface area contributed by atoms with E-state index in [9.17, 15) is 14.9 Å². The van der Waals surface area contributed by atoms with E-state index >= 15 is 0 Å². The number of anilines is 1. The van der Waals surface area contributed by atoms with Gasteiger partial charge in [-0.3, -0.25) is 14.9 Å². The maximum atomic E-state index is 13.5. The summed E-state index contributed by atoms with van der Waals surface area (Å²) in [6.45, 7) is 3.91.